The van der Waals surface area contributed by atoms with Crippen molar-refractivity contribution in [3.8, 4) is 0 Å². The molecule has 1 fully saturated rings. The summed E-state index contributed by atoms with van der Waals surface area (Å²) >= 11 is 3.38. The molecular formula is C15H18BrN3O2. The first-order valence-electron chi connectivity index (χ1n) is 6.66. The molecule has 0 spiro atoms. The lowest BCUT2D eigenvalue weighted by Crippen LogP contribution is -2.25. The summed E-state index contributed by atoms with van der Waals surface area (Å²) in [4.78, 5) is 24.5. The van der Waals surface area contributed by atoms with Gasteiger partial charge in [-0.3, -0.25) is 9.59 Å². The predicted octanol–water partition coefficient (Wildman–Crippen LogP) is 1.97. The van der Waals surface area contributed by atoms with Crippen LogP contribution in [-0.4, -0.2) is 37.1 Å². The second-order valence-electron chi connectivity index (χ2n) is 5.18. The Labute approximate surface area is 132 Å². The first-order chi connectivity index (χ1) is 10.0. The summed E-state index contributed by atoms with van der Waals surface area (Å²) in [5.41, 5.74) is 8.96. The molecule has 21 heavy (non-hydrogen) atoms. The molecule has 1 aliphatic rings. The summed E-state index contributed by atoms with van der Waals surface area (Å²) < 4.78 is 1.01. The van der Waals surface area contributed by atoms with Crippen LogP contribution in [0.1, 0.15) is 6.92 Å². The molecule has 0 bridgehead atoms. The smallest absolute Gasteiger partial charge is 0.203 e. The van der Waals surface area contributed by atoms with Crippen molar-refractivity contribution in [2.45, 2.75) is 6.92 Å². The second-order valence-corrected chi connectivity index (χ2v) is 6.09. The van der Waals surface area contributed by atoms with E-state index in [9.17, 15) is 9.59 Å². The van der Waals surface area contributed by atoms with Gasteiger partial charge in [-0.1, -0.05) is 15.9 Å². The van der Waals surface area contributed by atoms with E-state index in [0.717, 1.165) is 21.4 Å². The Morgan fingerprint density at radius 3 is 2.67 bits per heavy atom. The molecule has 0 amide bonds. The van der Waals surface area contributed by atoms with Crippen LogP contribution in [0.4, 0.5) is 5.69 Å². The molecule has 2 rings (SSSR count). The predicted molar refractivity (Wildman–Crippen MR) is 85.7 cm³/mol. The number of likely N-dealkylation sites (N-methyl/N-ethyl adjacent to an activating group) is 1. The molecular weight excluding hydrogens is 334 g/mol. The Morgan fingerprint density at radius 1 is 1.38 bits per heavy atom. The third-order valence-electron chi connectivity index (χ3n) is 3.53. The maximum Gasteiger partial charge on any atom is 0.203 e. The fourth-order valence-electron chi connectivity index (χ4n) is 2.39. The van der Waals surface area contributed by atoms with E-state index >= 15 is 0 Å². The number of hydrogen-bond donors (Lipinski definition) is 2. The highest BCUT2D eigenvalue weighted by Crippen LogP contribution is 2.24. The van der Waals surface area contributed by atoms with Gasteiger partial charge in [0, 0.05) is 23.3 Å². The van der Waals surface area contributed by atoms with Crippen molar-refractivity contribution in [2.24, 2.45) is 5.92 Å². The van der Waals surface area contributed by atoms with Crippen LogP contribution >= 0.6 is 15.9 Å². The summed E-state index contributed by atoms with van der Waals surface area (Å²) in [6, 6.07) is 7.75. The molecule has 1 unspecified atom stereocenters. The van der Waals surface area contributed by atoms with E-state index in [-0.39, 0.29) is 11.7 Å². The standard InChI is InChI=1S/C15H18BrN3O2/c1-10(17-18-12-5-3-11(16)4-6-12)13-7-19(2)8-14(13)15(21)9-20/h3-6,9,14,17-18H,7-8H2,1-2H3. The highest BCUT2D eigenvalue weighted by molar-refractivity contribution is 9.10. The second kappa shape index (κ2) is 6.87. The number of nitrogens with one attached hydrogen (secondary N) is 2. The number of carbonyl (C=O) groups excluding carboxylic acids is 2. The Balaban J connectivity index is 2.08. The molecule has 0 radical (unpaired) electrons. The molecule has 0 aliphatic carbocycles. The Bertz CT molecular complexity index is 569. The molecule has 1 aliphatic heterocycles. The van der Waals surface area contributed by atoms with Gasteiger partial charge in [-0.15, -0.1) is 0 Å². The first-order valence-corrected chi connectivity index (χ1v) is 7.45. The van der Waals surface area contributed by atoms with Crippen LogP contribution in [-0.2, 0) is 9.59 Å². The molecule has 1 atom stereocenters. The zero-order valence-electron chi connectivity index (χ0n) is 12.0. The molecule has 1 aromatic carbocycles. The number of benzene rings is 1. The summed E-state index contributed by atoms with van der Waals surface area (Å²) in [6.07, 6.45) is 0.416. The normalized spacial score (nSPS) is 21.0. The Kier molecular flexibility index (Phi) is 5.14. The van der Waals surface area contributed by atoms with Gasteiger partial charge in [-0.05, 0) is 43.8 Å². The van der Waals surface area contributed by atoms with Gasteiger partial charge in [-0.2, -0.15) is 0 Å². The monoisotopic (exact) mass is 351 g/mol. The van der Waals surface area contributed by atoms with E-state index in [1.165, 1.54) is 0 Å². The average Bonchev–Trinajstić information content (AvgIpc) is 2.87. The van der Waals surface area contributed by atoms with E-state index in [1.807, 2.05) is 43.1 Å². The lowest BCUT2D eigenvalue weighted by molar-refractivity contribution is -0.131. The minimum absolute atomic E-state index is 0.341. The van der Waals surface area contributed by atoms with E-state index in [1.54, 1.807) is 0 Å². The lowest BCUT2D eigenvalue weighted by Gasteiger charge is -2.15. The molecule has 2 N–H and O–H groups in total. The van der Waals surface area contributed by atoms with E-state index in [2.05, 4.69) is 26.8 Å². The maximum atomic E-state index is 11.7. The Hall–Kier alpha value is -1.66. The summed E-state index contributed by atoms with van der Waals surface area (Å²) in [6.45, 7) is 3.18. The van der Waals surface area contributed by atoms with Gasteiger partial charge in [0.1, 0.15) is 0 Å². The SMILES string of the molecule is CC(NNc1ccc(Br)cc1)=C1CN(C)CC1C(=O)C=O. The van der Waals surface area contributed by atoms with E-state index < -0.39 is 0 Å². The number of anilines is 1. The topological polar surface area (TPSA) is 61.4 Å². The molecule has 1 aromatic rings. The van der Waals surface area contributed by atoms with Crippen LogP contribution in [0.2, 0.25) is 0 Å². The number of hydrazine groups is 1. The van der Waals surface area contributed by atoms with Gasteiger partial charge in [0.2, 0.25) is 5.78 Å². The minimum atomic E-state index is -0.362. The fraction of sp³-hybridized carbons (Fsp3) is 0.333. The number of halogens is 1. The summed E-state index contributed by atoms with van der Waals surface area (Å²) in [7, 11) is 1.94. The number of allylic oxidation sites excluding steroid dienone is 1. The molecule has 1 heterocycles. The van der Waals surface area contributed by atoms with Gasteiger partial charge in [-0.25, -0.2) is 0 Å². The zero-order valence-corrected chi connectivity index (χ0v) is 13.6. The van der Waals surface area contributed by atoms with Crippen LogP contribution in [0.5, 0.6) is 0 Å². The largest absolute Gasteiger partial charge is 0.305 e. The molecule has 1 saturated heterocycles. The first kappa shape index (κ1) is 15.7. The van der Waals surface area contributed by atoms with Crippen molar-refractivity contribution in [3.05, 3.63) is 40.0 Å². The summed E-state index contributed by atoms with van der Waals surface area (Å²) in [5.74, 6) is -0.703. The number of ketones is 1. The van der Waals surface area contributed by atoms with Crippen molar-refractivity contribution in [3.63, 3.8) is 0 Å². The highest BCUT2D eigenvalue weighted by atomic mass is 79.9. The van der Waals surface area contributed by atoms with Crippen LogP contribution in [0.25, 0.3) is 0 Å². The number of rotatable bonds is 5. The van der Waals surface area contributed by atoms with Crippen LogP contribution in [0.15, 0.2) is 40.0 Å². The third kappa shape index (κ3) is 3.92. The number of Topliss-reactive ketones (excluding diaryl/α,β-unsaturated/α-hetero) is 1. The lowest BCUT2D eigenvalue weighted by atomic mass is 9.97. The number of likely N-dealkylation sites (tertiary alicyclic amines) is 1. The van der Waals surface area contributed by atoms with E-state index in [0.29, 0.717) is 19.4 Å². The molecule has 0 saturated carbocycles. The van der Waals surface area contributed by atoms with Gasteiger partial charge >= 0.3 is 0 Å². The van der Waals surface area contributed by atoms with Crippen LogP contribution in [0, 0.1) is 5.92 Å². The van der Waals surface area contributed by atoms with E-state index in [4.69, 9.17) is 0 Å². The number of hydrogen-bond acceptors (Lipinski definition) is 5. The minimum Gasteiger partial charge on any atom is -0.305 e. The summed E-state index contributed by atoms with van der Waals surface area (Å²) in [5, 5.41) is 0. The highest BCUT2D eigenvalue weighted by Gasteiger charge is 2.32. The van der Waals surface area contributed by atoms with Crippen molar-refractivity contribution < 1.29 is 9.59 Å². The molecule has 6 heteroatoms. The zero-order chi connectivity index (χ0) is 15.4. The van der Waals surface area contributed by atoms with Crippen LogP contribution < -0.4 is 10.9 Å². The van der Waals surface area contributed by atoms with Gasteiger partial charge in [0.05, 0.1) is 11.6 Å². The van der Waals surface area contributed by atoms with Crippen molar-refractivity contribution in [1.29, 1.82) is 0 Å². The third-order valence-corrected chi connectivity index (χ3v) is 4.06. The van der Waals surface area contributed by atoms with Crippen molar-refractivity contribution >= 4 is 33.7 Å². The van der Waals surface area contributed by atoms with Crippen LogP contribution in [0.3, 0.4) is 0 Å². The van der Waals surface area contributed by atoms with Crippen molar-refractivity contribution in [1.82, 2.24) is 10.3 Å². The van der Waals surface area contributed by atoms with Gasteiger partial charge in [0.25, 0.3) is 0 Å². The molecule has 0 aromatic heterocycles. The van der Waals surface area contributed by atoms with Gasteiger partial charge in [0.15, 0.2) is 6.29 Å². The quantitative estimate of drug-likeness (QED) is 0.482. The number of nitrogens with zero attached hydrogens (tertiary/aromatic N) is 1. The molecule has 5 nitrogen and oxygen atoms in total. The number of carbonyl (C=O) groups is 2. The van der Waals surface area contributed by atoms with Gasteiger partial charge < -0.3 is 15.8 Å². The molecule has 112 valence electrons. The number of aldehydes is 1. The maximum absolute atomic E-state index is 11.7. The Morgan fingerprint density at radius 2 is 2.05 bits per heavy atom. The average molecular weight is 352 g/mol. The fourth-order valence-corrected chi connectivity index (χ4v) is 2.65. The van der Waals surface area contributed by atoms with Crippen molar-refractivity contribution in [2.75, 3.05) is 25.6 Å².